The highest BCUT2D eigenvalue weighted by Gasteiger charge is 2.25. The van der Waals surface area contributed by atoms with Crippen LogP contribution in [0.3, 0.4) is 0 Å². The Morgan fingerprint density at radius 2 is 1.54 bits per heavy atom. The second-order valence-corrected chi connectivity index (χ2v) is 16.0. The van der Waals surface area contributed by atoms with E-state index in [1.165, 1.54) is 0 Å². The van der Waals surface area contributed by atoms with Gasteiger partial charge in [-0.3, -0.25) is 0 Å². The van der Waals surface area contributed by atoms with E-state index in [1.807, 2.05) is 0 Å². The lowest BCUT2D eigenvalue weighted by Gasteiger charge is -2.26. The second kappa shape index (κ2) is 5.69. The van der Waals surface area contributed by atoms with E-state index in [2.05, 4.69) is 19.6 Å². The topological polar surface area (TPSA) is 46.2 Å². The maximum Gasteiger partial charge on any atom is 0.455 e. The summed E-state index contributed by atoms with van der Waals surface area (Å²) < 4.78 is 27.3. The minimum Gasteiger partial charge on any atom is -0.425 e. The van der Waals surface area contributed by atoms with Gasteiger partial charge in [0.15, 0.2) is 8.32 Å². The fourth-order valence-electron chi connectivity index (χ4n) is 0.739. The number of hydrogen-bond acceptors (Lipinski definition) is 5. The average Bonchev–Trinajstić information content (AvgIpc) is 1.92. The molecule has 5 nitrogen and oxygen atoms in total. The molecule has 0 radical (unpaired) electrons. The van der Waals surface area contributed by atoms with Gasteiger partial charge in [-0.1, -0.05) is 0 Å². The molecule has 1 saturated heterocycles. The zero-order valence-corrected chi connectivity index (χ0v) is 14.6. The molecule has 78 valence electrons. The van der Waals surface area contributed by atoms with E-state index in [0.717, 1.165) is 0 Å². The highest BCUT2D eigenvalue weighted by Crippen LogP contribution is 2.06. The van der Waals surface area contributed by atoms with Crippen molar-refractivity contribution in [3.05, 3.63) is 0 Å². The van der Waals surface area contributed by atoms with Gasteiger partial charge < -0.3 is 20.6 Å². The molecular weight excluding hydrogens is 256 g/mol. The summed E-state index contributed by atoms with van der Waals surface area (Å²) in [7, 11) is -5.90. The van der Waals surface area contributed by atoms with E-state index in [-0.39, 0.29) is 0 Å². The third-order valence-electron chi connectivity index (χ3n) is 1.19. The highest BCUT2D eigenvalue weighted by molar-refractivity contribution is 6.76. The van der Waals surface area contributed by atoms with Crippen molar-refractivity contribution in [2.75, 3.05) is 0 Å². The molecule has 0 atom stereocenters. The molecule has 1 heterocycles. The highest BCUT2D eigenvalue weighted by atomic mass is 28.5. The molecule has 0 unspecified atom stereocenters. The summed E-state index contributed by atoms with van der Waals surface area (Å²) in [6.07, 6.45) is 0. The average molecular weight is 273 g/mol. The molecule has 0 bridgehead atoms. The van der Waals surface area contributed by atoms with Gasteiger partial charge in [0.05, 0.1) is 0 Å². The monoisotopic (exact) mass is 272 g/mol. The van der Waals surface area contributed by atoms with Crippen molar-refractivity contribution in [1.82, 2.24) is 0 Å². The van der Waals surface area contributed by atoms with E-state index in [0.29, 0.717) is 0 Å². The Kier molecular flexibility index (Phi) is 5.23. The van der Waals surface area contributed by atoms with Crippen LogP contribution >= 0.6 is 0 Å². The molecule has 0 aromatic rings. The van der Waals surface area contributed by atoms with Gasteiger partial charge in [0, 0.05) is 0 Å². The normalized spacial score (nSPS) is 32.1. The maximum absolute atomic E-state index is 5.77. The summed E-state index contributed by atoms with van der Waals surface area (Å²) in [6.45, 7) is 6.39. The smallest absolute Gasteiger partial charge is 0.425 e. The van der Waals surface area contributed by atoms with Gasteiger partial charge in [0.2, 0.25) is 0 Å². The van der Waals surface area contributed by atoms with E-state index in [9.17, 15) is 0 Å². The number of hydrogen-bond donors (Lipinski definition) is 0. The van der Waals surface area contributed by atoms with Crippen molar-refractivity contribution >= 4 is 47.9 Å². The van der Waals surface area contributed by atoms with E-state index < -0.39 is 47.9 Å². The predicted octanol–water partition coefficient (Wildman–Crippen LogP) is -2.37. The summed E-state index contributed by atoms with van der Waals surface area (Å²) in [4.78, 5) is 0. The molecular formula is C3H16O5Si5. The summed E-state index contributed by atoms with van der Waals surface area (Å²) in [5, 5.41) is 0. The first-order valence-electron chi connectivity index (χ1n) is 4.14. The molecule has 0 aromatic heterocycles. The minimum absolute atomic E-state index is 0.761. The maximum atomic E-state index is 5.77. The molecule has 1 aliphatic heterocycles. The van der Waals surface area contributed by atoms with Crippen molar-refractivity contribution in [2.45, 2.75) is 19.6 Å². The fraction of sp³-hybridized carbons (Fsp3) is 1.00. The summed E-state index contributed by atoms with van der Waals surface area (Å²) in [6, 6.07) is 0. The molecule has 1 aliphatic rings. The van der Waals surface area contributed by atoms with E-state index >= 15 is 0 Å². The molecule has 0 saturated carbocycles. The zero-order valence-electron chi connectivity index (χ0n) is 8.24. The van der Waals surface area contributed by atoms with Crippen LogP contribution in [-0.4, -0.2) is 47.9 Å². The van der Waals surface area contributed by atoms with Crippen molar-refractivity contribution < 1.29 is 20.6 Å². The molecule has 13 heavy (non-hydrogen) atoms. The molecule has 10 heteroatoms. The zero-order chi connectivity index (χ0) is 9.73. The van der Waals surface area contributed by atoms with Crippen LogP contribution in [0.15, 0.2) is 0 Å². The molecule has 0 aromatic carbocycles. The third kappa shape index (κ3) is 6.05. The lowest BCUT2D eigenvalue weighted by atomic mass is 11.8. The largest absolute Gasteiger partial charge is 0.455 e. The van der Waals surface area contributed by atoms with Gasteiger partial charge in [0.25, 0.3) is 30.0 Å². The van der Waals surface area contributed by atoms with Gasteiger partial charge in [-0.25, -0.2) is 0 Å². The Morgan fingerprint density at radius 1 is 1.00 bits per heavy atom. The second-order valence-electron chi connectivity index (χ2n) is 3.61. The molecule has 0 amide bonds. The molecule has 1 rings (SSSR count). The first-order chi connectivity index (χ1) is 6.08. The van der Waals surface area contributed by atoms with Crippen LogP contribution in [-0.2, 0) is 20.6 Å². The van der Waals surface area contributed by atoms with Crippen molar-refractivity contribution in [3.63, 3.8) is 0 Å². The Morgan fingerprint density at radius 3 is 2.00 bits per heavy atom. The van der Waals surface area contributed by atoms with Crippen LogP contribution in [0.5, 0.6) is 0 Å². The Hall–Kier alpha value is 0.884. The summed E-state index contributed by atoms with van der Waals surface area (Å²) in [5.74, 6) is 0. The van der Waals surface area contributed by atoms with Crippen LogP contribution in [0, 0.1) is 0 Å². The molecule has 0 aliphatic carbocycles. The molecule has 0 spiro atoms. The van der Waals surface area contributed by atoms with E-state index in [1.54, 1.807) is 0 Å². The van der Waals surface area contributed by atoms with Crippen LogP contribution in [0.1, 0.15) is 0 Å². The van der Waals surface area contributed by atoms with Gasteiger partial charge in [-0.2, -0.15) is 0 Å². The Bertz CT molecular complexity index is 142. The SMILES string of the molecule is C[Si](C)(C)O[SiH]1O[SiH2]O[SiH2]O[SiH2]O1. The van der Waals surface area contributed by atoms with E-state index in [4.69, 9.17) is 20.6 Å². The van der Waals surface area contributed by atoms with Gasteiger partial charge >= 0.3 is 9.53 Å². The van der Waals surface area contributed by atoms with Gasteiger partial charge in [0.1, 0.15) is 0 Å². The molecule has 0 N–H and O–H groups in total. The summed E-state index contributed by atoms with van der Waals surface area (Å²) in [5.41, 5.74) is 0. The Labute approximate surface area is 88.3 Å². The first kappa shape index (κ1) is 12.0. The van der Waals surface area contributed by atoms with Crippen LogP contribution < -0.4 is 0 Å². The quantitative estimate of drug-likeness (QED) is 0.526. The van der Waals surface area contributed by atoms with Crippen LogP contribution in [0.25, 0.3) is 0 Å². The standard InChI is InChI=1S/C3H16O5Si5/c1-13(2,3)8-12-6-10-4-9-5-11-7-12/h12H,9-11H2,1-3H3. The van der Waals surface area contributed by atoms with Crippen molar-refractivity contribution in [2.24, 2.45) is 0 Å². The lowest BCUT2D eigenvalue weighted by Crippen LogP contribution is -2.42. The lowest BCUT2D eigenvalue weighted by molar-refractivity contribution is 0.261. The van der Waals surface area contributed by atoms with Gasteiger partial charge in [-0.05, 0) is 19.6 Å². The predicted molar refractivity (Wildman–Crippen MR) is 61.6 cm³/mol. The van der Waals surface area contributed by atoms with Crippen molar-refractivity contribution in [3.8, 4) is 0 Å². The van der Waals surface area contributed by atoms with Gasteiger partial charge in [-0.15, -0.1) is 0 Å². The fourth-order valence-corrected chi connectivity index (χ4v) is 11.5. The first-order valence-corrected chi connectivity index (χ1v) is 12.4. The molecule has 1 fully saturated rings. The van der Waals surface area contributed by atoms with Crippen LogP contribution in [0.4, 0.5) is 0 Å². The Balaban J connectivity index is 2.29. The van der Waals surface area contributed by atoms with Crippen LogP contribution in [0.2, 0.25) is 19.6 Å². The summed E-state index contributed by atoms with van der Waals surface area (Å²) >= 11 is 0. The third-order valence-corrected chi connectivity index (χ3v) is 10.7. The van der Waals surface area contributed by atoms with Crippen molar-refractivity contribution in [1.29, 1.82) is 0 Å². The number of rotatable bonds is 2. The minimum atomic E-state index is -1.87.